The zero-order chi connectivity index (χ0) is 11.6. The van der Waals surface area contributed by atoms with Crippen LogP contribution in [-0.4, -0.2) is 12.4 Å². The molecule has 0 saturated carbocycles. The second-order valence-corrected chi connectivity index (χ2v) is 4.87. The van der Waals surface area contributed by atoms with Crippen molar-refractivity contribution in [3.63, 3.8) is 0 Å². The van der Waals surface area contributed by atoms with E-state index in [2.05, 4.69) is 15.9 Å². The first kappa shape index (κ1) is 11.3. The Bertz CT molecular complexity index is 412. The molecular formula is C12H13BrO3. The molecule has 16 heavy (non-hydrogen) atoms. The molecule has 0 spiro atoms. The predicted molar refractivity (Wildman–Crippen MR) is 64.0 cm³/mol. The minimum Gasteiger partial charge on any atom is -0.486 e. The Morgan fingerprint density at radius 1 is 1.38 bits per heavy atom. The summed E-state index contributed by atoms with van der Waals surface area (Å²) in [5, 5.41) is 0. The first-order valence-electron chi connectivity index (χ1n) is 4.99. The number of ether oxygens (including phenoxy) is 3. The van der Waals surface area contributed by atoms with E-state index >= 15 is 0 Å². The summed E-state index contributed by atoms with van der Waals surface area (Å²) in [5.74, 6) is 0.921. The average Bonchev–Trinajstić information content (AvgIpc) is 2.56. The predicted octanol–water partition coefficient (Wildman–Crippen LogP) is 3.45. The molecule has 0 N–H and O–H groups in total. The van der Waals surface area contributed by atoms with Crippen LogP contribution in [0, 0.1) is 0 Å². The van der Waals surface area contributed by atoms with E-state index in [1.54, 1.807) is 6.26 Å². The molecule has 0 aromatic heterocycles. The van der Waals surface area contributed by atoms with Crippen LogP contribution in [0.5, 0.6) is 5.75 Å². The Kier molecular flexibility index (Phi) is 3.10. The standard InChI is InChI=1S/C12H13BrO3/c1-12(2)15-8-11(16-12)7-14-10-5-3-4-9(13)6-10/h3-6,8H,7H2,1-2H3. The van der Waals surface area contributed by atoms with E-state index in [0.717, 1.165) is 10.2 Å². The van der Waals surface area contributed by atoms with Crippen LogP contribution in [0.25, 0.3) is 0 Å². The molecule has 0 amide bonds. The maximum atomic E-state index is 5.56. The molecule has 1 aromatic carbocycles. The van der Waals surface area contributed by atoms with E-state index in [-0.39, 0.29) is 0 Å². The van der Waals surface area contributed by atoms with Gasteiger partial charge in [0.15, 0.2) is 5.76 Å². The molecule has 0 atom stereocenters. The number of rotatable bonds is 3. The van der Waals surface area contributed by atoms with Gasteiger partial charge in [-0.15, -0.1) is 0 Å². The fraction of sp³-hybridized carbons (Fsp3) is 0.333. The minimum atomic E-state index is -0.573. The summed E-state index contributed by atoms with van der Waals surface area (Å²) in [5.41, 5.74) is 0. The van der Waals surface area contributed by atoms with Crippen LogP contribution in [0.1, 0.15) is 13.8 Å². The van der Waals surface area contributed by atoms with Crippen molar-refractivity contribution in [1.82, 2.24) is 0 Å². The molecule has 1 aliphatic heterocycles. The summed E-state index contributed by atoms with van der Waals surface area (Å²) in [6.07, 6.45) is 1.60. The highest BCUT2D eigenvalue weighted by Crippen LogP contribution is 2.25. The monoisotopic (exact) mass is 284 g/mol. The minimum absolute atomic E-state index is 0.375. The van der Waals surface area contributed by atoms with Crippen LogP contribution in [0.4, 0.5) is 0 Å². The molecule has 2 rings (SSSR count). The third-order valence-corrected chi connectivity index (χ3v) is 2.52. The van der Waals surface area contributed by atoms with Gasteiger partial charge in [-0.25, -0.2) is 0 Å². The summed E-state index contributed by atoms with van der Waals surface area (Å²) in [6.45, 7) is 4.09. The third kappa shape index (κ3) is 2.92. The van der Waals surface area contributed by atoms with Gasteiger partial charge in [0.2, 0.25) is 5.79 Å². The molecule has 0 fully saturated rings. The van der Waals surface area contributed by atoms with Crippen molar-refractivity contribution in [3.05, 3.63) is 40.8 Å². The highest BCUT2D eigenvalue weighted by molar-refractivity contribution is 9.10. The number of benzene rings is 1. The Morgan fingerprint density at radius 2 is 2.19 bits per heavy atom. The van der Waals surface area contributed by atoms with Crippen LogP contribution in [0.15, 0.2) is 40.8 Å². The lowest BCUT2D eigenvalue weighted by atomic mass is 10.3. The number of hydrogen-bond acceptors (Lipinski definition) is 3. The first-order chi connectivity index (χ1) is 7.55. The molecule has 1 heterocycles. The molecule has 0 unspecified atom stereocenters. The zero-order valence-corrected chi connectivity index (χ0v) is 10.8. The van der Waals surface area contributed by atoms with Gasteiger partial charge in [0.25, 0.3) is 0 Å². The molecule has 86 valence electrons. The Morgan fingerprint density at radius 3 is 2.81 bits per heavy atom. The van der Waals surface area contributed by atoms with Gasteiger partial charge in [0.1, 0.15) is 18.6 Å². The van der Waals surface area contributed by atoms with Gasteiger partial charge >= 0.3 is 0 Å². The van der Waals surface area contributed by atoms with Gasteiger partial charge in [-0.05, 0) is 18.2 Å². The third-order valence-electron chi connectivity index (χ3n) is 2.03. The summed E-state index contributed by atoms with van der Waals surface area (Å²) in [6, 6.07) is 7.67. The molecular weight excluding hydrogens is 272 g/mol. The van der Waals surface area contributed by atoms with Crippen LogP contribution in [-0.2, 0) is 9.47 Å². The van der Waals surface area contributed by atoms with Crippen molar-refractivity contribution in [2.45, 2.75) is 19.6 Å². The van der Waals surface area contributed by atoms with E-state index in [1.165, 1.54) is 0 Å². The van der Waals surface area contributed by atoms with Gasteiger partial charge in [-0.1, -0.05) is 22.0 Å². The van der Waals surface area contributed by atoms with E-state index in [4.69, 9.17) is 14.2 Å². The largest absolute Gasteiger partial charge is 0.486 e. The average molecular weight is 285 g/mol. The molecule has 0 aliphatic carbocycles. The molecule has 0 saturated heterocycles. The Hall–Kier alpha value is -1.16. The Balaban J connectivity index is 1.89. The molecule has 1 aliphatic rings. The van der Waals surface area contributed by atoms with Crippen LogP contribution >= 0.6 is 15.9 Å². The molecule has 3 nitrogen and oxygen atoms in total. The van der Waals surface area contributed by atoms with Gasteiger partial charge in [0, 0.05) is 18.3 Å². The maximum absolute atomic E-state index is 5.56. The second-order valence-electron chi connectivity index (χ2n) is 3.95. The zero-order valence-electron chi connectivity index (χ0n) is 9.20. The van der Waals surface area contributed by atoms with Crippen LogP contribution < -0.4 is 4.74 Å². The van der Waals surface area contributed by atoms with E-state index in [9.17, 15) is 0 Å². The SMILES string of the molecule is CC1(C)OC=C(COc2cccc(Br)c2)O1. The van der Waals surface area contributed by atoms with Crippen molar-refractivity contribution in [3.8, 4) is 5.75 Å². The second kappa shape index (κ2) is 4.37. The fourth-order valence-electron chi connectivity index (χ4n) is 1.35. The highest BCUT2D eigenvalue weighted by Gasteiger charge is 2.27. The normalized spacial score (nSPS) is 17.3. The molecule has 0 bridgehead atoms. The first-order valence-corrected chi connectivity index (χ1v) is 5.79. The Labute approximate surface area is 103 Å². The van der Waals surface area contributed by atoms with Crippen molar-refractivity contribution >= 4 is 15.9 Å². The fourth-order valence-corrected chi connectivity index (χ4v) is 1.72. The van der Waals surface area contributed by atoms with E-state index in [1.807, 2.05) is 38.1 Å². The van der Waals surface area contributed by atoms with E-state index < -0.39 is 5.79 Å². The van der Waals surface area contributed by atoms with Crippen molar-refractivity contribution in [1.29, 1.82) is 0 Å². The van der Waals surface area contributed by atoms with Gasteiger partial charge < -0.3 is 14.2 Å². The van der Waals surface area contributed by atoms with Crippen LogP contribution in [0.3, 0.4) is 0 Å². The van der Waals surface area contributed by atoms with Gasteiger partial charge in [-0.3, -0.25) is 0 Å². The summed E-state index contributed by atoms with van der Waals surface area (Å²) < 4.78 is 17.3. The van der Waals surface area contributed by atoms with Crippen molar-refractivity contribution < 1.29 is 14.2 Å². The maximum Gasteiger partial charge on any atom is 0.244 e. The van der Waals surface area contributed by atoms with Crippen molar-refractivity contribution in [2.24, 2.45) is 0 Å². The van der Waals surface area contributed by atoms with Crippen molar-refractivity contribution in [2.75, 3.05) is 6.61 Å². The smallest absolute Gasteiger partial charge is 0.244 e. The highest BCUT2D eigenvalue weighted by atomic mass is 79.9. The van der Waals surface area contributed by atoms with Gasteiger partial charge in [0.05, 0.1) is 0 Å². The summed E-state index contributed by atoms with van der Waals surface area (Å²) in [4.78, 5) is 0. The lowest BCUT2D eigenvalue weighted by Gasteiger charge is -2.18. The van der Waals surface area contributed by atoms with E-state index in [0.29, 0.717) is 12.4 Å². The number of halogens is 1. The molecule has 4 heteroatoms. The summed E-state index contributed by atoms with van der Waals surface area (Å²) >= 11 is 3.38. The molecule has 0 radical (unpaired) electrons. The molecule has 1 aromatic rings. The topological polar surface area (TPSA) is 27.7 Å². The lowest BCUT2D eigenvalue weighted by molar-refractivity contribution is -0.119. The quantitative estimate of drug-likeness (QED) is 0.851. The van der Waals surface area contributed by atoms with Crippen LogP contribution in [0.2, 0.25) is 0 Å². The lowest BCUT2D eigenvalue weighted by Crippen LogP contribution is -2.21. The van der Waals surface area contributed by atoms with Gasteiger partial charge in [-0.2, -0.15) is 0 Å². The summed E-state index contributed by atoms with van der Waals surface area (Å²) in [7, 11) is 0. The number of hydrogen-bond donors (Lipinski definition) is 0.